The molecule has 0 fully saturated rings. The highest BCUT2D eigenvalue weighted by Gasteiger charge is 2.16. The maximum atomic E-state index is 12.1. The lowest BCUT2D eigenvalue weighted by molar-refractivity contribution is -0.137. The van der Waals surface area contributed by atoms with Crippen molar-refractivity contribution in [1.82, 2.24) is 0 Å². The van der Waals surface area contributed by atoms with Crippen LogP contribution < -0.4 is 5.63 Å². The summed E-state index contributed by atoms with van der Waals surface area (Å²) in [6.45, 7) is 8.96. The predicted octanol–water partition coefficient (Wildman–Crippen LogP) is 6.11. The summed E-state index contributed by atoms with van der Waals surface area (Å²) >= 11 is 0. The first-order valence-electron chi connectivity index (χ1n) is 10.3. The van der Waals surface area contributed by atoms with Crippen molar-refractivity contribution in [2.75, 3.05) is 6.61 Å². The number of rotatable bonds is 6. The molecule has 0 radical (unpaired) electrons. The van der Waals surface area contributed by atoms with Gasteiger partial charge in [0.25, 0.3) is 0 Å². The van der Waals surface area contributed by atoms with Crippen LogP contribution in [0.3, 0.4) is 0 Å². The van der Waals surface area contributed by atoms with Crippen LogP contribution in [0.1, 0.15) is 51.7 Å². The van der Waals surface area contributed by atoms with E-state index in [1.807, 2.05) is 36.4 Å². The monoisotopic (exact) mass is 404 g/mol. The summed E-state index contributed by atoms with van der Waals surface area (Å²) in [4.78, 5) is 23.8. The predicted molar refractivity (Wildman–Crippen MR) is 122 cm³/mol. The zero-order chi connectivity index (χ0) is 21.7. The van der Waals surface area contributed by atoms with Gasteiger partial charge in [0.05, 0.1) is 6.61 Å². The van der Waals surface area contributed by atoms with E-state index >= 15 is 0 Å². The molecule has 0 N–H and O–H groups in total. The molecule has 30 heavy (non-hydrogen) atoms. The van der Waals surface area contributed by atoms with Crippen LogP contribution in [0.5, 0.6) is 0 Å². The van der Waals surface area contributed by atoms with Gasteiger partial charge in [-0.3, -0.25) is 0 Å². The molecule has 1 aromatic heterocycles. The van der Waals surface area contributed by atoms with Gasteiger partial charge in [0.15, 0.2) is 0 Å². The topological polar surface area (TPSA) is 56.5 Å². The van der Waals surface area contributed by atoms with Gasteiger partial charge in [-0.2, -0.15) is 0 Å². The van der Waals surface area contributed by atoms with Crippen molar-refractivity contribution in [3.05, 3.63) is 76.2 Å². The molecule has 0 unspecified atom stereocenters. The van der Waals surface area contributed by atoms with E-state index in [4.69, 9.17) is 9.15 Å². The molecule has 1 heterocycles. The molecule has 0 saturated heterocycles. The Balaban J connectivity index is 1.90. The second-order valence-corrected chi connectivity index (χ2v) is 8.42. The van der Waals surface area contributed by atoms with Gasteiger partial charge < -0.3 is 9.15 Å². The Morgan fingerprint density at radius 2 is 1.80 bits per heavy atom. The molecule has 0 aliphatic carbocycles. The number of hydrogen-bond acceptors (Lipinski definition) is 4. The third kappa shape index (κ3) is 5.26. The molecule has 0 aliphatic rings. The fourth-order valence-corrected chi connectivity index (χ4v) is 3.17. The van der Waals surface area contributed by atoms with Gasteiger partial charge in [0.2, 0.25) is 0 Å². The molecule has 0 amide bonds. The van der Waals surface area contributed by atoms with Crippen LogP contribution in [0, 0.1) is 0 Å². The molecule has 0 aliphatic heterocycles. The second-order valence-electron chi connectivity index (χ2n) is 8.42. The number of unbranched alkanes of at least 4 members (excludes halogenated alkanes) is 1. The largest absolute Gasteiger partial charge is 0.463 e. The minimum atomic E-state index is -0.375. The van der Waals surface area contributed by atoms with Gasteiger partial charge in [-0.05, 0) is 52.3 Å². The standard InChI is InChI=1S/C26H28O4/c1-5-6-15-29-24(27)14-9-18-7-10-19(11-8-18)21-17-25(28)30-23-13-12-20(16-22(21)23)26(2,3)4/h7-14,16-17H,5-6,15H2,1-4H3/b14-9+. The van der Waals surface area contributed by atoms with Crippen molar-refractivity contribution in [2.45, 2.75) is 46.0 Å². The normalized spacial score (nSPS) is 11.9. The number of benzene rings is 2. The van der Waals surface area contributed by atoms with E-state index < -0.39 is 0 Å². The summed E-state index contributed by atoms with van der Waals surface area (Å²) in [7, 11) is 0. The van der Waals surface area contributed by atoms with Gasteiger partial charge in [0.1, 0.15) is 5.58 Å². The van der Waals surface area contributed by atoms with Crippen molar-refractivity contribution in [1.29, 1.82) is 0 Å². The summed E-state index contributed by atoms with van der Waals surface area (Å²) in [6, 6.07) is 15.2. The second kappa shape index (κ2) is 9.12. The molecule has 0 saturated carbocycles. The number of esters is 1. The molecule has 0 bridgehead atoms. The van der Waals surface area contributed by atoms with Crippen molar-refractivity contribution >= 4 is 23.0 Å². The van der Waals surface area contributed by atoms with Crippen molar-refractivity contribution < 1.29 is 13.9 Å². The molecule has 156 valence electrons. The minimum Gasteiger partial charge on any atom is -0.463 e. The van der Waals surface area contributed by atoms with Crippen LogP contribution in [0.4, 0.5) is 0 Å². The highest BCUT2D eigenvalue weighted by atomic mass is 16.5. The lowest BCUT2D eigenvalue weighted by Crippen LogP contribution is -2.11. The first kappa shape index (κ1) is 21.6. The molecule has 3 aromatic rings. The average molecular weight is 405 g/mol. The summed E-state index contributed by atoms with van der Waals surface area (Å²) < 4.78 is 10.5. The van der Waals surface area contributed by atoms with E-state index in [9.17, 15) is 9.59 Å². The van der Waals surface area contributed by atoms with Gasteiger partial charge in [-0.1, -0.05) is 64.4 Å². The number of ether oxygens (including phenoxy) is 1. The van der Waals surface area contributed by atoms with Crippen molar-refractivity contribution in [3.63, 3.8) is 0 Å². The lowest BCUT2D eigenvalue weighted by atomic mass is 9.85. The Bertz CT molecular complexity index is 1110. The van der Waals surface area contributed by atoms with E-state index in [0.717, 1.165) is 34.9 Å². The van der Waals surface area contributed by atoms with Crippen LogP contribution in [-0.2, 0) is 14.9 Å². The van der Waals surface area contributed by atoms with E-state index in [2.05, 4.69) is 33.8 Å². The maximum Gasteiger partial charge on any atom is 0.336 e. The number of carbonyl (C=O) groups excluding carboxylic acids is 1. The highest BCUT2D eigenvalue weighted by molar-refractivity contribution is 5.94. The minimum absolute atomic E-state index is 0.0119. The summed E-state index contributed by atoms with van der Waals surface area (Å²) in [5.74, 6) is -0.339. The Kier molecular flexibility index (Phi) is 6.56. The van der Waals surface area contributed by atoms with Crippen LogP contribution in [0.25, 0.3) is 28.2 Å². The Morgan fingerprint density at radius 1 is 1.07 bits per heavy atom. The lowest BCUT2D eigenvalue weighted by Gasteiger charge is -2.19. The van der Waals surface area contributed by atoms with Crippen LogP contribution in [0.2, 0.25) is 0 Å². The summed E-state index contributed by atoms with van der Waals surface area (Å²) in [5, 5.41) is 0.907. The van der Waals surface area contributed by atoms with Crippen LogP contribution >= 0.6 is 0 Å². The molecule has 0 atom stereocenters. The average Bonchev–Trinajstić information content (AvgIpc) is 2.71. The summed E-state index contributed by atoms with van der Waals surface area (Å²) in [6.07, 6.45) is 5.02. The van der Waals surface area contributed by atoms with Crippen LogP contribution in [0.15, 0.2) is 63.8 Å². The van der Waals surface area contributed by atoms with Crippen molar-refractivity contribution in [2.24, 2.45) is 0 Å². The molecule has 0 spiro atoms. The van der Waals surface area contributed by atoms with Gasteiger partial charge in [-0.15, -0.1) is 0 Å². The van der Waals surface area contributed by atoms with E-state index in [-0.39, 0.29) is 17.0 Å². The number of carbonyl (C=O) groups is 1. The third-order valence-corrected chi connectivity index (χ3v) is 4.98. The van der Waals surface area contributed by atoms with E-state index in [0.29, 0.717) is 12.2 Å². The van der Waals surface area contributed by atoms with Crippen molar-refractivity contribution in [3.8, 4) is 11.1 Å². The molecule has 4 nitrogen and oxygen atoms in total. The number of hydrogen-bond donors (Lipinski definition) is 0. The van der Waals surface area contributed by atoms with Gasteiger partial charge in [0, 0.05) is 17.5 Å². The Morgan fingerprint density at radius 3 is 2.47 bits per heavy atom. The zero-order valence-electron chi connectivity index (χ0n) is 18.0. The molecular weight excluding hydrogens is 376 g/mol. The van der Waals surface area contributed by atoms with Gasteiger partial charge in [-0.25, -0.2) is 9.59 Å². The Labute approximate surface area is 177 Å². The molecular formula is C26H28O4. The quantitative estimate of drug-likeness (QED) is 0.215. The highest BCUT2D eigenvalue weighted by Crippen LogP contribution is 2.32. The van der Waals surface area contributed by atoms with Gasteiger partial charge >= 0.3 is 11.6 Å². The van der Waals surface area contributed by atoms with E-state index in [1.165, 1.54) is 17.7 Å². The first-order chi connectivity index (χ1) is 14.3. The fourth-order valence-electron chi connectivity index (χ4n) is 3.17. The first-order valence-corrected chi connectivity index (χ1v) is 10.3. The summed E-state index contributed by atoms with van der Waals surface area (Å²) in [5.41, 5.74) is 4.00. The smallest absolute Gasteiger partial charge is 0.336 e. The molecule has 3 rings (SSSR count). The molecule has 4 heteroatoms. The molecule has 2 aromatic carbocycles. The fraction of sp³-hybridized carbons (Fsp3) is 0.308. The Hall–Kier alpha value is -3.14. The zero-order valence-corrected chi connectivity index (χ0v) is 18.0. The van der Waals surface area contributed by atoms with Crippen LogP contribution in [-0.4, -0.2) is 12.6 Å². The number of fused-ring (bicyclic) bond motifs is 1. The SMILES string of the molecule is CCCCOC(=O)/C=C/c1ccc(-c2cc(=O)oc3ccc(C(C)(C)C)cc23)cc1. The van der Waals surface area contributed by atoms with E-state index in [1.54, 1.807) is 6.08 Å². The third-order valence-electron chi connectivity index (χ3n) is 4.98. The maximum absolute atomic E-state index is 12.1.